The van der Waals surface area contributed by atoms with Crippen LogP contribution in [0.5, 0.6) is 0 Å². The van der Waals surface area contributed by atoms with Gasteiger partial charge in [0.05, 0.1) is 19.3 Å². The number of rotatable bonds is 11. The lowest BCUT2D eigenvalue weighted by molar-refractivity contribution is -0.165. The summed E-state index contributed by atoms with van der Waals surface area (Å²) in [6, 6.07) is 0. The quantitative estimate of drug-likeness (QED) is 0.353. The zero-order valence-corrected chi connectivity index (χ0v) is 12.1. The number of aliphatic hydroxyl groups is 1. The molecular formula is C14H26O5. The summed E-state index contributed by atoms with van der Waals surface area (Å²) in [6.45, 7) is 4.66. The predicted molar refractivity (Wildman–Crippen MR) is 72.9 cm³/mol. The summed E-state index contributed by atoms with van der Waals surface area (Å²) < 4.78 is 15.1. The fourth-order valence-corrected chi connectivity index (χ4v) is 1.37. The van der Waals surface area contributed by atoms with Crippen LogP contribution in [-0.2, 0) is 19.0 Å². The van der Waals surface area contributed by atoms with Crippen molar-refractivity contribution in [3.05, 3.63) is 12.2 Å². The van der Waals surface area contributed by atoms with E-state index in [-0.39, 0.29) is 6.61 Å². The van der Waals surface area contributed by atoms with Crippen LogP contribution in [0.4, 0.5) is 0 Å². The van der Waals surface area contributed by atoms with Crippen LogP contribution < -0.4 is 0 Å². The van der Waals surface area contributed by atoms with Crippen molar-refractivity contribution in [3.63, 3.8) is 0 Å². The molecule has 0 spiro atoms. The Bertz CT molecular complexity index is 252. The highest BCUT2D eigenvalue weighted by Gasteiger charge is 2.27. The molecule has 0 aliphatic carbocycles. The van der Waals surface area contributed by atoms with Crippen molar-refractivity contribution < 1.29 is 24.1 Å². The summed E-state index contributed by atoms with van der Waals surface area (Å²) in [5, 5.41) is 9.77. The Morgan fingerprint density at radius 3 is 2.58 bits per heavy atom. The molecule has 0 aliphatic rings. The van der Waals surface area contributed by atoms with Gasteiger partial charge in [0.2, 0.25) is 0 Å². The molecule has 19 heavy (non-hydrogen) atoms. The number of esters is 1. The first-order valence-electron chi connectivity index (χ1n) is 6.77. The van der Waals surface area contributed by atoms with Gasteiger partial charge in [-0.3, -0.25) is 0 Å². The fourth-order valence-electron chi connectivity index (χ4n) is 1.37. The Morgan fingerprint density at radius 1 is 1.26 bits per heavy atom. The van der Waals surface area contributed by atoms with Crippen LogP contribution >= 0.6 is 0 Å². The minimum atomic E-state index is -0.937. The number of allylic oxidation sites excluding steroid dienone is 1. The Labute approximate surface area is 115 Å². The molecule has 112 valence electrons. The van der Waals surface area contributed by atoms with Crippen LogP contribution in [-0.4, -0.2) is 50.2 Å². The molecule has 0 radical (unpaired) electrons. The monoisotopic (exact) mass is 274 g/mol. The summed E-state index contributed by atoms with van der Waals surface area (Å²) in [5.74, 6) is -0.546. The molecule has 0 saturated heterocycles. The van der Waals surface area contributed by atoms with Crippen molar-refractivity contribution in [3.8, 4) is 0 Å². The van der Waals surface area contributed by atoms with Gasteiger partial charge in [-0.15, -0.1) is 0 Å². The highest BCUT2D eigenvalue weighted by molar-refractivity contribution is 5.75. The van der Waals surface area contributed by atoms with Crippen molar-refractivity contribution >= 4 is 5.97 Å². The van der Waals surface area contributed by atoms with Gasteiger partial charge in [0.25, 0.3) is 0 Å². The Hall–Kier alpha value is -0.910. The van der Waals surface area contributed by atoms with Crippen molar-refractivity contribution in [1.82, 2.24) is 0 Å². The van der Waals surface area contributed by atoms with E-state index in [1.807, 2.05) is 12.2 Å². The molecule has 0 aromatic carbocycles. The van der Waals surface area contributed by atoms with Gasteiger partial charge in [-0.2, -0.15) is 0 Å². The maximum atomic E-state index is 11.8. The van der Waals surface area contributed by atoms with Crippen LogP contribution in [0, 0.1) is 0 Å². The van der Waals surface area contributed by atoms with E-state index in [2.05, 4.69) is 6.92 Å². The minimum absolute atomic E-state index is 0.164. The molecule has 0 amide bonds. The molecule has 0 aliphatic heterocycles. The summed E-state index contributed by atoms with van der Waals surface area (Å²) in [7, 11) is 1.53. The first-order chi connectivity index (χ1) is 9.17. The number of carbonyl (C=O) groups is 1. The van der Waals surface area contributed by atoms with E-state index in [1.54, 1.807) is 6.92 Å². The van der Waals surface area contributed by atoms with Gasteiger partial charge in [-0.1, -0.05) is 32.4 Å². The van der Waals surface area contributed by atoms with Crippen LogP contribution in [0.2, 0.25) is 0 Å². The van der Waals surface area contributed by atoms with Gasteiger partial charge in [0, 0.05) is 7.11 Å². The third kappa shape index (κ3) is 8.75. The van der Waals surface area contributed by atoms with Crippen molar-refractivity contribution in [2.24, 2.45) is 0 Å². The largest absolute Gasteiger partial charge is 0.461 e. The van der Waals surface area contributed by atoms with E-state index in [0.29, 0.717) is 19.6 Å². The lowest BCUT2D eigenvalue weighted by Gasteiger charge is -2.20. The molecule has 2 atom stereocenters. The van der Waals surface area contributed by atoms with Gasteiger partial charge in [-0.25, -0.2) is 4.79 Å². The van der Waals surface area contributed by atoms with Crippen LogP contribution in [0.15, 0.2) is 12.2 Å². The molecule has 0 aromatic heterocycles. The first kappa shape index (κ1) is 18.1. The zero-order chi connectivity index (χ0) is 14.5. The number of hydrogen-bond acceptors (Lipinski definition) is 5. The van der Waals surface area contributed by atoms with Crippen LogP contribution in [0.3, 0.4) is 0 Å². The van der Waals surface area contributed by atoms with Crippen LogP contribution in [0.1, 0.15) is 33.1 Å². The molecular weight excluding hydrogens is 248 g/mol. The summed E-state index contributed by atoms with van der Waals surface area (Å²) >= 11 is 0. The maximum absolute atomic E-state index is 11.8. The highest BCUT2D eigenvalue weighted by Crippen LogP contribution is 2.07. The molecule has 0 fully saturated rings. The third-order valence-corrected chi connectivity index (χ3v) is 2.53. The van der Waals surface area contributed by atoms with Gasteiger partial charge in [0.1, 0.15) is 6.61 Å². The van der Waals surface area contributed by atoms with Gasteiger partial charge < -0.3 is 19.3 Å². The fraction of sp³-hybridized carbons (Fsp3) is 0.786. The summed E-state index contributed by atoms with van der Waals surface area (Å²) in [4.78, 5) is 11.8. The molecule has 2 unspecified atom stereocenters. The second-order valence-electron chi connectivity index (χ2n) is 4.15. The van der Waals surface area contributed by atoms with Gasteiger partial charge >= 0.3 is 5.97 Å². The average Bonchev–Trinajstić information content (AvgIpc) is 2.42. The third-order valence-electron chi connectivity index (χ3n) is 2.53. The second-order valence-corrected chi connectivity index (χ2v) is 4.15. The predicted octanol–water partition coefficient (Wildman–Crippen LogP) is 1.69. The SMILES string of the molecule is CCC/C=C/COC(C(=O)OCCOC)C(O)CC. The van der Waals surface area contributed by atoms with Gasteiger partial charge in [0.15, 0.2) is 6.10 Å². The Balaban J connectivity index is 4.18. The number of ether oxygens (including phenoxy) is 3. The van der Waals surface area contributed by atoms with E-state index in [4.69, 9.17) is 14.2 Å². The first-order valence-corrected chi connectivity index (χ1v) is 6.77. The highest BCUT2D eigenvalue weighted by atomic mass is 16.6. The molecule has 0 bridgehead atoms. The number of aliphatic hydroxyl groups excluding tert-OH is 1. The van der Waals surface area contributed by atoms with Crippen LogP contribution in [0.25, 0.3) is 0 Å². The standard InChI is InChI=1S/C14H26O5/c1-4-6-7-8-9-18-13(12(15)5-2)14(16)19-11-10-17-3/h7-8,12-13,15H,4-6,9-11H2,1-3H3/b8-7+. The lowest BCUT2D eigenvalue weighted by atomic mass is 10.1. The molecule has 0 rings (SSSR count). The lowest BCUT2D eigenvalue weighted by Crippen LogP contribution is -2.38. The summed E-state index contributed by atoms with van der Waals surface area (Å²) in [6.07, 6.45) is 4.53. The van der Waals surface area contributed by atoms with E-state index in [9.17, 15) is 9.90 Å². The zero-order valence-electron chi connectivity index (χ0n) is 12.1. The van der Waals surface area contributed by atoms with E-state index in [1.165, 1.54) is 7.11 Å². The number of hydrogen-bond donors (Lipinski definition) is 1. The van der Waals surface area contributed by atoms with Crippen molar-refractivity contribution in [2.45, 2.75) is 45.3 Å². The number of unbranched alkanes of at least 4 members (excludes halogenated alkanes) is 1. The molecule has 0 heterocycles. The second kappa shape index (κ2) is 12.1. The molecule has 5 nitrogen and oxygen atoms in total. The molecule has 1 N–H and O–H groups in total. The smallest absolute Gasteiger partial charge is 0.338 e. The number of carbonyl (C=O) groups excluding carboxylic acids is 1. The van der Waals surface area contributed by atoms with Gasteiger partial charge in [-0.05, 0) is 12.8 Å². The normalized spacial score (nSPS) is 14.5. The Kier molecular flexibility index (Phi) is 11.6. The number of methoxy groups -OCH3 is 1. The topological polar surface area (TPSA) is 65.0 Å². The molecule has 5 heteroatoms. The maximum Gasteiger partial charge on any atom is 0.338 e. The van der Waals surface area contributed by atoms with Crippen molar-refractivity contribution in [1.29, 1.82) is 0 Å². The van der Waals surface area contributed by atoms with Crippen molar-refractivity contribution in [2.75, 3.05) is 26.9 Å². The minimum Gasteiger partial charge on any atom is -0.461 e. The van der Waals surface area contributed by atoms with E-state index < -0.39 is 18.2 Å². The summed E-state index contributed by atoms with van der Waals surface area (Å²) in [5.41, 5.74) is 0. The van der Waals surface area contributed by atoms with E-state index in [0.717, 1.165) is 12.8 Å². The molecule has 0 saturated carbocycles. The molecule has 0 aromatic rings. The average molecular weight is 274 g/mol. The Morgan fingerprint density at radius 2 is 2.00 bits per heavy atom. The van der Waals surface area contributed by atoms with E-state index >= 15 is 0 Å².